The zero-order valence-electron chi connectivity index (χ0n) is 11.6. The molecule has 2 nitrogen and oxygen atoms in total. The van der Waals surface area contributed by atoms with Crippen molar-refractivity contribution in [3.05, 3.63) is 43.9 Å². The van der Waals surface area contributed by atoms with Crippen LogP contribution in [0.4, 0.5) is 0 Å². The molecule has 104 valence electrons. The van der Waals surface area contributed by atoms with Gasteiger partial charge < -0.3 is 9.73 Å². The quantitative estimate of drug-likeness (QED) is 0.799. The summed E-state index contributed by atoms with van der Waals surface area (Å²) < 4.78 is 6.86. The molecule has 0 saturated heterocycles. The van der Waals surface area contributed by atoms with Gasteiger partial charge in [0.2, 0.25) is 0 Å². The predicted molar refractivity (Wildman–Crippen MR) is 84.9 cm³/mol. The average molecular weight is 342 g/mol. The fourth-order valence-corrected chi connectivity index (χ4v) is 3.80. The van der Waals surface area contributed by atoms with Crippen LogP contribution in [0.25, 0.3) is 0 Å². The molecule has 1 atom stereocenters. The number of aryl methyl sites for hydroxylation is 2. The normalized spacial score (nSPS) is 12.8. The molecule has 0 fully saturated rings. The van der Waals surface area contributed by atoms with Crippen LogP contribution in [0.3, 0.4) is 0 Å². The Morgan fingerprint density at radius 3 is 2.68 bits per heavy atom. The Hall–Kier alpha value is -0.580. The third-order valence-corrected chi connectivity index (χ3v) is 4.78. The minimum absolute atomic E-state index is 0.336. The van der Waals surface area contributed by atoms with Crippen molar-refractivity contribution in [1.82, 2.24) is 5.32 Å². The molecule has 4 heteroatoms. The maximum Gasteiger partial charge on any atom is 0.105 e. The molecule has 0 aliphatic rings. The number of thiophene rings is 1. The van der Waals surface area contributed by atoms with Crippen LogP contribution in [-0.2, 0) is 6.42 Å². The summed E-state index contributed by atoms with van der Waals surface area (Å²) in [5, 5.41) is 3.63. The Kier molecular flexibility index (Phi) is 5.25. The molecule has 0 bridgehead atoms. The fraction of sp³-hybridized carbons (Fsp3) is 0.467. The summed E-state index contributed by atoms with van der Waals surface area (Å²) in [4.78, 5) is 1.39. The highest BCUT2D eigenvalue weighted by atomic mass is 79.9. The lowest BCUT2D eigenvalue weighted by molar-refractivity contribution is 0.481. The van der Waals surface area contributed by atoms with Crippen molar-refractivity contribution in [1.29, 1.82) is 0 Å². The lowest BCUT2D eigenvalue weighted by atomic mass is 10.0. The van der Waals surface area contributed by atoms with Crippen LogP contribution in [0.2, 0.25) is 0 Å². The summed E-state index contributed by atoms with van der Waals surface area (Å²) >= 11 is 5.33. The Labute approximate surface area is 127 Å². The van der Waals surface area contributed by atoms with Crippen molar-refractivity contribution in [2.75, 3.05) is 6.54 Å². The summed E-state index contributed by atoms with van der Waals surface area (Å²) in [5.41, 5.74) is 1.29. The summed E-state index contributed by atoms with van der Waals surface area (Å²) in [6.45, 7) is 7.28. The lowest BCUT2D eigenvalue weighted by Crippen LogP contribution is -2.24. The number of hydrogen-bond donors (Lipinski definition) is 1. The van der Waals surface area contributed by atoms with Gasteiger partial charge in [-0.05, 0) is 60.9 Å². The number of rotatable bonds is 6. The van der Waals surface area contributed by atoms with Crippen molar-refractivity contribution in [3.8, 4) is 0 Å². The van der Waals surface area contributed by atoms with Gasteiger partial charge in [0.1, 0.15) is 11.5 Å². The zero-order valence-corrected chi connectivity index (χ0v) is 14.0. The van der Waals surface area contributed by atoms with E-state index in [1.165, 1.54) is 14.2 Å². The van der Waals surface area contributed by atoms with E-state index in [-0.39, 0.29) is 0 Å². The van der Waals surface area contributed by atoms with Crippen molar-refractivity contribution in [2.24, 2.45) is 0 Å². The molecule has 1 N–H and O–H groups in total. The van der Waals surface area contributed by atoms with Gasteiger partial charge in [0.05, 0.1) is 3.79 Å². The topological polar surface area (TPSA) is 25.2 Å². The SMILES string of the molecule is CCCNC(Cc1ccc(Br)s1)c1cc(C)oc1C. The first-order valence-electron chi connectivity index (χ1n) is 6.64. The van der Waals surface area contributed by atoms with Crippen molar-refractivity contribution in [2.45, 2.75) is 39.7 Å². The molecular formula is C15H20BrNOS. The van der Waals surface area contributed by atoms with E-state index in [0.717, 1.165) is 30.9 Å². The molecule has 0 aromatic carbocycles. The average Bonchev–Trinajstić information content (AvgIpc) is 2.91. The van der Waals surface area contributed by atoms with E-state index in [1.807, 2.05) is 13.8 Å². The second-order valence-corrected chi connectivity index (χ2v) is 7.33. The fourth-order valence-electron chi connectivity index (χ4n) is 2.27. The van der Waals surface area contributed by atoms with Crippen LogP contribution in [0.1, 0.15) is 41.3 Å². The van der Waals surface area contributed by atoms with Gasteiger partial charge >= 0.3 is 0 Å². The Morgan fingerprint density at radius 1 is 1.37 bits per heavy atom. The van der Waals surface area contributed by atoms with Gasteiger partial charge in [0.15, 0.2) is 0 Å². The van der Waals surface area contributed by atoms with Gasteiger partial charge in [-0.1, -0.05) is 6.92 Å². The van der Waals surface area contributed by atoms with Gasteiger partial charge in [-0.2, -0.15) is 0 Å². The first-order chi connectivity index (χ1) is 9.10. The molecular weight excluding hydrogens is 322 g/mol. The van der Waals surface area contributed by atoms with E-state index in [1.54, 1.807) is 11.3 Å². The molecule has 0 radical (unpaired) electrons. The summed E-state index contributed by atoms with van der Waals surface area (Å²) in [7, 11) is 0. The van der Waals surface area contributed by atoms with Crippen LogP contribution < -0.4 is 5.32 Å². The van der Waals surface area contributed by atoms with Crippen LogP contribution in [0.15, 0.2) is 26.4 Å². The molecule has 0 aliphatic carbocycles. The van der Waals surface area contributed by atoms with Crippen LogP contribution in [0, 0.1) is 13.8 Å². The minimum Gasteiger partial charge on any atom is -0.466 e. The standard InChI is InChI=1S/C15H20BrNOS/c1-4-7-17-14(9-12-5-6-15(16)19-12)13-8-10(2)18-11(13)3/h5-6,8,14,17H,4,7,9H2,1-3H3. The molecule has 19 heavy (non-hydrogen) atoms. The molecule has 2 heterocycles. The van der Waals surface area contributed by atoms with E-state index in [9.17, 15) is 0 Å². The number of hydrogen-bond acceptors (Lipinski definition) is 3. The highest BCUT2D eigenvalue weighted by Crippen LogP contribution is 2.29. The maximum absolute atomic E-state index is 5.67. The van der Waals surface area contributed by atoms with Crippen molar-refractivity contribution >= 4 is 27.3 Å². The number of nitrogens with one attached hydrogen (secondary N) is 1. The summed E-state index contributed by atoms with van der Waals surface area (Å²) in [6, 6.07) is 6.80. The Balaban J connectivity index is 2.18. The molecule has 1 unspecified atom stereocenters. The zero-order chi connectivity index (χ0) is 13.8. The van der Waals surface area contributed by atoms with E-state index in [0.29, 0.717) is 6.04 Å². The number of halogens is 1. The highest BCUT2D eigenvalue weighted by molar-refractivity contribution is 9.11. The molecule has 0 spiro atoms. The van der Waals surface area contributed by atoms with E-state index < -0.39 is 0 Å². The predicted octanol–water partition coefficient (Wildman–Crippen LogP) is 5.00. The molecule has 0 saturated carbocycles. The first kappa shape index (κ1) is 14.8. The summed E-state index contributed by atoms with van der Waals surface area (Å²) in [5.74, 6) is 2.02. The smallest absolute Gasteiger partial charge is 0.105 e. The van der Waals surface area contributed by atoms with E-state index in [2.05, 4.69) is 46.4 Å². The minimum atomic E-state index is 0.336. The Morgan fingerprint density at radius 2 is 2.16 bits per heavy atom. The second-order valence-electron chi connectivity index (χ2n) is 4.79. The van der Waals surface area contributed by atoms with Gasteiger partial charge in [-0.15, -0.1) is 11.3 Å². The van der Waals surface area contributed by atoms with Gasteiger partial charge in [-0.3, -0.25) is 0 Å². The van der Waals surface area contributed by atoms with Gasteiger partial charge in [0, 0.05) is 22.9 Å². The molecule has 2 aromatic heterocycles. The molecule has 0 aliphatic heterocycles. The largest absolute Gasteiger partial charge is 0.466 e. The number of furan rings is 1. The first-order valence-corrected chi connectivity index (χ1v) is 8.25. The monoisotopic (exact) mass is 341 g/mol. The van der Waals surface area contributed by atoms with Gasteiger partial charge in [-0.25, -0.2) is 0 Å². The van der Waals surface area contributed by atoms with Crippen LogP contribution >= 0.6 is 27.3 Å². The maximum atomic E-state index is 5.67. The van der Waals surface area contributed by atoms with Crippen LogP contribution in [-0.4, -0.2) is 6.54 Å². The van der Waals surface area contributed by atoms with E-state index >= 15 is 0 Å². The molecule has 2 aromatic rings. The lowest BCUT2D eigenvalue weighted by Gasteiger charge is -2.17. The van der Waals surface area contributed by atoms with Crippen molar-refractivity contribution < 1.29 is 4.42 Å². The van der Waals surface area contributed by atoms with Crippen LogP contribution in [0.5, 0.6) is 0 Å². The highest BCUT2D eigenvalue weighted by Gasteiger charge is 2.17. The molecule has 2 rings (SSSR count). The third kappa shape index (κ3) is 3.94. The third-order valence-electron chi connectivity index (χ3n) is 3.13. The summed E-state index contributed by atoms with van der Waals surface area (Å²) in [6.07, 6.45) is 2.15. The molecule has 0 amide bonds. The second kappa shape index (κ2) is 6.73. The van der Waals surface area contributed by atoms with Crippen molar-refractivity contribution in [3.63, 3.8) is 0 Å². The van der Waals surface area contributed by atoms with E-state index in [4.69, 9.17) is 4.42 Å². The van der Waals surface area contributed by atoms with Gasteiger partial charge in [0.25, 0.3) is 0 Å². The Bertz CT molecular complexity index is 532.